The van der Waals surface area contributed by atoms with Crippen LogP contribution in [0.2, 0.25) is 0 Å². The van der Waals surface area contributed by atoms with E-state index in [-0.39, 0.29) is 6.42 Å². The van der Waals surface area contributed by atoms with E-state index in [9.17, 15) is 14.7 Å². The summed E-state index contributed by atoms with van der Waals surface area (Å²) < 4.78 is 16.1. The van der Waals surface area contributed by atoms with Crippen LogP contribution in [0.1, 0.15) is 17.0 Å². The van der Waals surface area contributed by atoms with Crippen LogP contribution in [0.15, 0.2) is 59.0 Å². The van der Waals surface area contributed by atoms with Crippen LogP contribution in [-0.4, -0.2) is 35.7 Å². The molecule has 0 saturated carbocycles. The number of carboxylic acids is 1. The molecular formula is C23H23NO6. The first kappa shape index (κ1) is 21.1. The molecule has 1 unspecified atom stereocenters. The Labute approximate surface area is 174 Å². The van der Waals surface area contributed by atoms with Crippen molar-refractivity contribution in [2.24, 2.45) is 5.92 Å². The van der Waals surface area contributed by atoms with Crippen LogP contribution in [0.5, 0.6) is 5.75 Å². The maximum absolute atomic E-state index is 11.6. The Morgan fingerprint density at radius 3 is 2.43 bits per heavy atom. The number of methoxy groups -OCH3 is 1. The van der Waals surface area contributed by atoms with Gasteiger partial charge in [-0.05, 0) is 43.2 Å². The summed E-state index contributed by atoms with van der Waals surface area (Å²) in [6, 6.07) is 16.7. The molecule has 0 bridgehead atoms. The molecule has 3 rings (SSSR count). The van der Waals surface area contributed by atoms with E-state index >= 15 is 0 Å². The molecule has 2 aromatic carbocycles. The largest absolute Gasteiger partial charge is 0.493 e. The minimum atomic E-state index is -1.23. The number of carbonyl (C=O) groups is 2. The zero-order valence-electron chi connectivity index (χ0n) is 16.8. The molecule has 0 spiro atoms. The highest BCUT2D eigenvalue weighted by atomic mass is 16.5. The Kier molecular flexibility index (Phi) is 6.85. The highest BCUT2D eigenvalue weighted by Gasteiger charge is 2.27. The molecule has 1 aromatic heterocycles. The van der Waals surface area contributed by atoms with Crippen LogP contribution in [0, 0.1) is 12.8 Å². The Morgan fingerprint density at radius 1 is 1.10 bits per heavy atom. The van der Waals surface area contributed by atoms with E-state index in [4.69, 9.17) is 9.15 Å². The van der Waals surface area contributed by atoms with Gasteiger partial charge in [-0.2, -0.15) is 0 Å². The summed E-state index contributed by atoms with van der Waals surface area (Å²) in [5, 5.41) is 9.17. The van der Waals surface area contributed by atoms with Crippen molar-refractivity contribution in [1.29, 1.82) is 0 Å². The molecule has 0 amide bonds. The summed E-state index contributed by atoms with van der Waals surface area (Å²) in [6.07, 6.45) is 0.649. The molecule has 0 aliphatic heterocycles. The molecule has 0 radical (unpaired) electrons. The number of benzene rings is 2. The lowest BCUT2D eigenvalue weighted by atomic mass is 9.99. The minimum absolute atomic E-state index is 0.0582. The van der Waals surface area contributed by atoms with Gasteiger partial charge in [-0.3, -0.25) is 9.59 Å². The second-order valence-corrected chi connectivity index (χ2v) is 6.75. The van der Waals surface area contributed by atoms with Gasteiger partial charge in [0.1, 0.15) is 11.5 Å². The van der Waals surface area contributed by atoms with Crippen molar-refractivity contribution in [1.82, 2.24) is 4.98 Å². The first-order valence-corrected chi connectivity index (χ1v) is 9.52. The maximum Gasteiger partial charge on any atom is 0.320 e. The number of carboxylic acid groups (broad SMARTS) is 1. The number of esters is 1. The van der Waals surface area contributed by atoms with Gasteiger partial charge in [0.25, 0.3) is 0 Å². The van der Waals surface area contributed by atoms with Gasteiger partial charge in [0.15, 0.2) is 5.92 Å². The smallest absolute Gasteiger partial charge is 0.320 e. The molecule has 3 aromatic rings. The van der Waals surface area contributed by atoms with Crippen molar-refractivity contribution in [3.8, 4) is 17.2 Å². The third-order valence-electron chi connectivity index (χ3n) is 4.67. The van der Waals surface area contributed by atoms with Crippen molar-refractivity contribution in [3.05, 3.63) is 71.6 Å². The summed E-state index contributed by atoms with van der Waals surface area (Å²) in [4.78, 5) is 27.4. The molecule has 1 atom stereocenters. The zero-order chi connectivity index (χ0) is 21.5. The van der Waals surface area contributed by atoms with E-state index in [1.807, 2.05) is 37.3 Å². The van der Waals surface area contributed by atoms with Crippen molar-refractivity contribution in [2.45, 2.75) is 19.8 Å². The monoisotopic (exact) mass is 409 g/mol. The van der Waals surface area contributed by atoms with Crippen LogP contribution in [-0.2, 0) is 27.2 Å². The standard InChI is InChI=1S/C23H23NO6/c1-15-20(24-21(30-15)17-6-4-3-5-7-17)12-13-29-18-10-8-16(9-11-18)14-19(22(25)26)23(27)28-2/h3-11,19H,12-14H2,1-2H3,(H,25,26). The second kappa shape index (κ2) is 9.73. The van der Waals surface area contributed by atoms with Crippen LogP contribution < -0.4 is 4.74 Å². The molecule has 30 heavy (non-hydrogen) atoms. The summed E-state index contributed by atoms with van der Waals surface area (Å²) in [5.74, 6) is -1.20. The number of hydrogen-bond acceptors (Lipinski definition) is 6. The van der Waals surface area contributed by atoms with Gasteiger partial charge in [0.05, 0.1) is 19.4 Å². The number of aliphatic carboxylic acids is 1. The lowest BCUT2D eigenvalue weighted by Crippen LogP contribution is -2.27. The Hall–Kier alpha value is -3.61. The second-order valence-electron chi connectivity index (χ2n) is 6.75. The first-order chi connectivity index (χ1) is 14.5. The molecular weight excluding hydrogens is 386 g/mol. The highest BCUT2D eigenvalue weighted by molar-refractivity contribution is 5.94. The predicted molar refractivity (Wildman–Crippen MR) is 109 cm³/mol. The highest BCUT2D eigenvalue weighted by Crippen LogP contribution is 2.22. The third-order valence-corrected chi connectivity index (χ3v) is 4.67. The lowest BCUT2D eigenvalue weighted by molar-refractivity contribution is -0.156. The van der Waals surface area contributed by atoms with E-state index in [1.165, 1.54) is 7.11 Å². The van der Waals surface area contributed by atoms with Crippen LogP contribution in [0.3, 0.4) is 0 Å². The van der Waals surface area contributed by atoms with Gasteiger partial charge in [-0.15, -0.1) is 0 Å². The van der Waals surface area contributed by atoms with Crippen molar-refractivity contribution in [3.63, 3.8) is 0 Å². The SMILES string of the molecule is COC(=O)C(Cc1ccc(OCCc2nc(-c3ccccc3)oc2C)cc1)C(=O)O. The third kappa shape index (κ3) is 5.26. The zero-order valence-corrected chi connectivity index (χ0v) is 16.8. The van der Waals surface area contributed by atoms with Crippen molar-refractivity contribution >= 4 is 11.9 Å². The molecule has 0 fully saturated rings. The Balaban J connectivity index is 1.55. The summed E-state index contributed by atoms with van der Waals surface area (Å²) >= 11 is 0. The topological polar surface area (TPSA) is 98.9 Å². The fourth-order valence-corrected chi connectivity index (χ4v) is 3.00. The van der Waals surface area contributed by atoms with Gasteiger partial charge in [0, 0.05) is 12.0 Å². The lowest BCUT2D eigenvalue weighted by Gasteiger charge is -2.11. The molecule has 0 aliphatic rings. The molecule has 156 valence electrons. The summed E-state index contributed by atoms with van der Waals surface area (Å²) in [5.41, 5.74) is 2.47. The van der Waals surface area contributed by atoms with Crippen molar-refractivity contribution in [2.75, 3.05) is 13.7 Å². The first-order valence-electron chi connectivity index (χ1n) is 9.52. The van der Waals surface area contributed by atoms with Crippen molar-refractivity contribution < 1.29 is 28.6 Å². The fraction of sp³-hybridized carbons (Fsp3) is 0.261. The number of aryl methyl sites for hydroxylation is 1. The maximum atomic E-state index is 11.6. The quantitative estimate of drug-likeness (QED) is 0.425. The van der Waals surface area contributed by atoms with E-state index in [0.717, 1.165) is 17.0 Å². The van der Waals surface area contributed by atoms with E-state index in [1.54, 1.807) is 24.3 Å². The van der Waals surface area contributed by atoms with E-state index in [2.05, 4.69) is 9.72 Å². The van der Waals surface area contributed by atoms with E-state index < -0.39 is 17.9 Å². The van der Waals surface area contributed by atoms with Gasteiger partial charge in [-0.1, -0.05) is 30.3 Å². The number of nitrogens with zero attached hydrogens (tertiary/aromatic N) is 1. The number of ether oxygens (including phenoxy) is 2. The van der Waals surface area contributed by atoms with Gasteiger partial charge in [0.2, 0.25) is 5.89 Å². The normalized spacial score (nSPS) is 11.7. The Bertz CT molecular complexity index is 994. The summed E-state index contributed by atoms with van der Waals surface area (Å²) in [6.45, 7) is 2.30. The molecule has 0 saturated heterocycles. The average molecular weight is 409 g/mol. The van der Waals surface area contributed by atoms with Gasteiger partial charge >= 0.3 is 11.9 Å². The van der Waals surface area contributed by atoms with E-state index in [0.29, 0.717) is 30.2 Å². The number of aromatic nitrogens is 1. The number of hydrogen-bond donors (Lipinski definition) is 1. The molecule has 1 heterocycles. The molecule has 0 aliphatic carbocycles. The molecule has 7 nitrogen and oxygen atoms in total. The number of rotatable bonds is 9. The predicted octanol–water partition coefficient (Wildman–Crippen LogP) is 3.69. The van der Waals surface area contributed by atoms with Gasteiger partial charge < -0.3 is 19.0 Å². The Morgan fingerprint density at radius 2 is 1.80 bits per heavy atom. The number of oxazole rings is 1. The summed E-state index contributed by atoms with van der Waals surface area (Å²) in [7, 11) is 1.18. The van der Waals surface area contributed by atoms with Gasteiger partial charge in [-0.25, -0.2) is 4.98 Å². The van der Waals surface area contributed by atoms with Crippen LogP contribution >= 0.6 is 0 Å². The fourth-order valence-electron chi connectivity index (χ4n) is 3.00. The minimum Gasteiger partial charge on any atom is -0.493 e. The van der Waals surface area contributed by atoms with Crippen LogP contribution in [0.25, 0.3) is 11.5 Å². The molecule has 7 heteroatoms. The average Bonchev–Trinajstić information content (AvgIpc) is 3.13. The van der Waals surface area contributed by atoms with Crippen LogP contribution in [0.4, 0.5) is 0 Å². The number of carbonyl (C=O) groups excluding carboxylic acids is 1. The molecule has 1 N–H and O–H groups in total.